The molecule has 0 aliphatic heterocycles. The molecule has 0 atom stereocenters. The van der Waals surface area contributed by atoms with Crippen LogP contribution >= 0.6 is 0 Å². The molecular weight excluding hydrogens is 645 g/mol. The number of rotatable bonds is 9. The van der Waals surface area contributed by atoms with Crippen LogP contribution < -0.4 is 9.64 Å². The number of carbonyl (C=O) groups excluding carboxylic acids is 1. The number of benzene rings is 2. The van der Waals surface area contributed by atoms with E-state index in [1.165, 1.54) is 19.9 Å². The Kier molecular flexibility index (Phi) is 12.7. The Bertz CT molecular complexity index is 1240. The molecule has 1 N–H and O–H groups in total. The molecule has 2 aromatic heterocycles. The summed E-state index contributed by atoms with van der Waals surface area (Å²) in [6.45, 7) is 3.84. The molecule has 0 saturated heterocycles. The summed E-state index contributed by atoms with van der Waals surface area (Å²) >= 11 is 0. The van der Waals surface area contributed by atoms with E-state index in [0.29, 0.717) is 24.8 Å². The van der Waals surface area contributed by atoms with Crippen molar-refractivity contribution in [3.8, 4) is 11.6 Å². The minimum atomic E-state index is -0.125. The molecule has 8 heteroatoms. The van der Waals surface area contributed by atoms with Crippen molar-refractivity contribution in [3.05, 3.63) is 126 Å². The second kappa shape index (κ2) is 16.0. The predicted octanol–water partition coefficient (Wildman–Crippen LogP) is 6.77. The summed E-state index contributed by atoms with van der Waals surface area (Å²) < 4.78 is 5.84. The fourth-order valence-electron chi connectivity index (χ4n) is 3.11. The van der Waals surface area contributed by atoms with Gasteiger partial charge in [0.25, 0.3) is 0 Å². The van der Waals surface area contributed by atoms with E-state index in [0.717, 1.165) is 17.2 Å². The topological polar surface area (TPSA) is 89.7 Å². The Morgan fingerprint density at radius 1 is 1.00 bits per heavy atom. The van der Waals surface area contributed by atoms with Crippen LogP contribution in [0.1, 0.15) is 19.5 Å². The molecule has 4 aromatic rings. The Labute approximate surface area is 231 Å². The molecule has 0 fully saturated rings. The largest absolute Gasteiger partial charge is 0.640 e. The normalized spacial score (nSPS) is 10.4. The number of ether oxygens (including phenoxy) is 1. The van der Waals surface area contributed by atoms with Gasteiger partial charge in [-0.2, -0.15) is 23.2 Å². The van der Waals surface area contributed by atoms with Gasteiger partial charge in [-0.3, -0.25) is 9.78 Å². The van der Waals surface area contributed by atoms with Crippen LogP contribution in [0.2, 0.25) is 0 Å². The molecule has 0 saturated carbocycles. The Morgan fingerprint density at radius 2 is 1.76 bits per heavy atom. The summed E-state index contributed by atoms with van der Waals surface area (Å²) in [5.41, 5.74) is 1.94. The van der Waals surface area contributed by atoms with Crippen LogP contribution in [0.25, 0.3) is 5.32 Å². The van der Waals surface area contributed by atoms with Crippen molar-refractivity contribution >= 4 is 17.3 Å². The summed E-state index contributed by atoms with van der Waals surface area (Å²) in [4.78, 5) is 21.1. The second-order valence-corrected chi connectivity index (χ2v) is 7.67. The first kappa shape index (κ1) is 29.4. The maximum absolute atomic E-state index is 10.0. The number of carbonyl (C=O) groups is 1. The molecule has 1 radical (unpaired) electrons. The molecule has 4 rings (SSSR count). The third-order valence-electron chi connectivity index (χ3n) is 4.60. The van der Waals surface area contributed by atoms with Gasteiger partial charge < -0.3 is 20.1 Å². The summed E-state index contributed by atoms with van der Waals surface area (Å²) in [5, 5.41) is 13.0. The quantitative estimate of drug-likeness (QED) is 0.120. The van der Waals surface area contributed by atoms with Crippen molar-refractivity contribution < 1.29 is 34.7 Å². The molecule has 37 heavy (non-hydrogen) atoms. The summed E-state index contributed by atoms with van der Waals surface area (Å²) in [5.74, 6) is 1.83. The van der Waals surface area contributed by atoms with Crippen LogP contribution in [0.15, 0.2) is 109 Å². The number of hydrogen-bond donors (Lipinski definition) is 1. The van der Waals surface area contributed by atoms with Gasteiger partial charge in [-0.15, -0.1) is 18.7 Å². The third-order valence-corrected chi connectivity index (χ3v) is 4.60. The van der Waals surface area contributed by atoms with Gasteiger partial charge in [0, 0.05) is 55.6 Å². The Morgan fingerprint density at radius 3 is 2.38 bits per heavy atom. The minimum absolute atomic E-state index is 0. The molecule has 0 aliphatic rings. The first-order chi connectivity index (χ1) is 17.5. The van der Waals surface area contributed by atoms with Gasteiger partial charge in [0.05, 0.1) is 5.76 Å². The van der Waals surface area contributed by atoms with Crippen LogP contribution in [0.5, 0.6) is 11.6 Å². The zero-order chi connectivity index (χ0) is 25.6. The van der Waals surface area contributed by atoms with Gasteiger partial charge in [0.1, 0.15) is 5.82 Å². The average Bonchev–Trinajstić information content (AvgIpc) is 2.88. The molecule has 7 nitrogen and oxygen atoms in total. The number of aromatic nitrogens is 2. The van der Waals surface area contributed by atoms with Crippen LogP contribution in [0.3, 0.4) is 0 Å². The fourth-order valence-corrected chi connectivity index (χ4v) is 3.11. The van der Waals surface area contributed by atoms with Gasteiger partial charge in [0.15, 0.2) is 5.78 Å². The van der Waals surface area contributed by atoms with Crippen molar-refractivity contribution in [3.63, 3.8) is 0 Å². The third kappa shape index (κ3) is 10.8. The maximum atomic E-state index is 10.0. The minimum Gasteiger partial charge on any atom is -0.640 e. The molecule has 0 aliphatic carbocycles. The van der Waals surface area contributed by atoms with E-state index in [4.69, 9.17) is 9.84 Å². The number of anilines is 2. The van der Waals surface area contributed by atoms with E-state index >= 15 is 0 Å². The van der Waals surface area contributed by atoms with E-state index in [1.54, 1.807) is 6.20 Å². The SMILES string of the molecule is CC(=O)/C=C(/C)O.[Ir].[c-]1ccccc1Oc1cccc(N(C[N-]Cc2ccccn2)c2ccccc2)n1. The summed E-state index contributed by atoms with van der Waals surface area (Å²) in [6, 6.07) is 32.1. The number of ketones is 1. The maximum Gasteiger partial charge on any atom is 0.218 e. The number of nitrogens with zero attached hydrogens (tertiary/aromatic N) is 4. The zero-order valence-electron chi connectivity index (χ0n) is 20.6. The molecule has 0 amide bonds. The van der Waals surface area contributed by atoms with E-state index in [9.17, 15) is 4.79 Å². The number of allylic oxidation sites excluding steroid dienone is 2. The van der Waals surface area contributed by atoms with Crippen LogP contribution in [-0.2, 0) is 31.4 Å². The van der Waals surface area contributed by atoms with Crippen LogP contribution in [-0.4, -0.2) is 27.5 Å². The molecule has 0 spiro atoms. The molecule has 193 valence electrons. The van der Waals surface area contributed by atoms with Gasteiger partial charge in [-0.25, -0.2) is 0 Å². The van der Waals surface area contributed by atoms with Crippen molar-refractivity contribution in [1.82, 2.24) is 9.97 Å². The van der Waals surface area contributed by atoms with Crippen LogP contribution in [0, 0.1) is 6.07 Å². The van der Waals surface area contributed by atoms with Gasteiger partial charge >= 0.3 is 0 Å². The smallest absolute Gasteiger partial charge is 0.218 e. The molecular formula is C29H28IrN4O3-2. The summed E-state index contributed by atoms with van der Waals surface area (Å²) in [6.07, 6.45) is 2.95. The zero-order valence-corrected chi connectivity index (χ0v) is 23.0. The first-order valence-corrected chi connectivity index (χ1v) is 11.4. The monoisotopic (exact) mass is 673 g/mol. The molecule has 2 aromatic carbocycles. The number of para-hydroxylation sites is 2. The number of aliphatic hydroxyl groups excluding tert-OH is 1. The molecule has 0 bridgehead atoms. The standard InChI is InChI=1S/C24H20N4O.C5H8O2.Ir/c1-3-11-21(12-4-1)28(19-25-18-20-10-7-8-17-26-20)23-15-9-16-24(27-23)29-22-13-5-2-6-14-22;1-4(6)3-5(2)7;/h1-13,15-17H,18-19H2;3,6H,1-2H3;/q-2;;/b;4-3-;. The average molecular weight is 673 g/mol. The Hall–Kier alpha value is -3.84. The molecule has 2 heterocycles. The van der Waals surface area contributed by atoms with Crippen LogP contribution in [0.4, 0.5) is 11.5 Å². The fraction of sp³-hybridized carbons (Fsp3) is 0.138. The van der Waals surface area contributed by atoms with E-state index < -0.39 is 0 Å². The predicted molar refractivity (Wildman–Crippen MR) is 141 cm³/mol. The molecule has 0 unspecified atom stereocenters. The van der Waals surface area contributed by atoms with Crippen molar-refractivity contribution in [2.24, 2.45) is 0 Å². The van der Waals surface area contributed by atoms with Gasteiger partial charge in [-0.1, -0.05) is 37.0 Å². The Balaban J connectivity index is 0.000000532. The second-order valence-electron chi connectivity index (χ2n) is 7.67. The number of hydrogen-bond acceptors (Lipinski definition) is 6. The van der Waals surface area contributed by atoms with E-state index in [-0.39, 0.29) is 31.6 Å². The van der Waals surface area contributed by atoms with E-state index in [2.05, 4.69) is 21.4 Å². The van der Waals surface area contributed by atoms with E-state index in [1.807, 2.05) is 95.9 Å². The number of aliphatic hydroxyl groups is 1. The number of pyridine rings is 2. The first-order valence-electron chi connectivity index (χ1n) is 11.4. The van der Waals surface area contributed by atoms with Crippen molar-refractivity contribution in [2.75, 3.05) is 11.6 Å². The van der Waals surface area contributed by atoms with Gasteiger partial charge in [-0.05, 0) is 44.2 Å². The van der Waals surface area contributed by atoms with Crippen molar-refractivity contribution in [2.45, 2.75) is 20.4 Å². The summed E-state index contributed by atoms with van der Waals surface area (Å²) in [7, 11) is 0. The van der Waals surface area contributed by atoms with Gasteiger partial charge in [0.2, 0.25) is 5.88 Å². The van der Waals surface area contributed by atoms with Crippen molar-refractivity contribution in [1.29, 1.82) is 0 Å².